The molecule has 0 radical (unpaired) electrons. The number of unbranched alkanes of at least 4 members (excludes halogenated alkanes) is 1. The van der Waals surface area contributed by atoms with Crippen molar-refractivity contribution in [2.45, 2.75) is 32.4 Å². The first kappa shape index (κ1) is 12.7. The summed E-state index contributed by atoms with van der Waals surface area (Å²) in [4.78, 5) is 0. The molecule has 58 valence electrons. The molecule has 0 fully saturated rings. The topological polar surface area (TPSA) is 0 Å². The van der Waals surface area contributed by atoms with Crippen LogP contribution in [-0.2, 0) is 0 Å². The molecule has 0 saturated heterocycles. The van der Waals surface area contributed by atoms with Crippen LogP contribution in [0.15, 0.2) is 0 Å². The van der Waals surface area contributed by atoms with Crippen molar-refractivity contribution in [1.29, 1.82) is 0 Å². The third-order valence-corrected chi connectivity index (χ3v) is 0.814. The Morgan fingerprint density at radius 1 is 1.22 bits per heavy atom. The van der Waals surface area contributed by atoms with E-state index in [-0.39, 0.29) is 44.2 Å². The molecule has 0 saturated carbocycles. The van der Waals surface area contributed by atoms with E-state index < -0.39 is 12.6 Å². The van der Waals surface area contributed by atoms with Gasteiger partial charge in [0.2, 0.25) is 0 Å². The third kappa shape index (κ3) is 12.3. The van der Waals surface area contributed by atoms with Crippen LogP contribution in [-0.4, -0.2) is 6.18 Å². The molecule has 0 spiro atoms. The minimum atomic E-state index is -3.95. The SMILES string of the molecule is CCCCC(F)(F)F.[Ho+3]. The summed E-state index contributed by atoms with van der Waals surface area (Å²) in [7, 11) is 0. The quantitative estimate of drug-likeness (QED) is 0.686. The van der Waals surface area contributed by atoms with Crippen LogP contribution in [0.4, 0.5) is 13.2 Å². The molecule has 0 amide bonds. The average Bonchev–Trinajstić information content (AvgIpc) is 1.59. The van der Waals surface area contributed by atoms with Gasteiger partial charge in [-0.1, -0.05) is 13.3 Å². The zero-order valence-electron chi connectivity index (χ0n) is 5.06. The molecule has 0 N–H and O–H groups in total. The molecule has 0 nitrogen and oxygen atoms in total. The molecule has 0 aromatic carbocycles. The van der Waals surface area contributed by atoms with Crippen molar-refractivity contribution in [1.82, 2.24) is 0 Å². The van der Waals surface area contributed by atoms with E-state index in [4.69, 9.17) is 0 Å². The van der Waals surface area contributed by atoms with Gasteiger partial charge in [-0.2, -0.15) is 13.2 Å². The number of hydrogen-bond acceptors (Lipinski definition) is 0. The second-order valence-corrected chi connectivity index (χ2v) is 1.72. The fourth-order valence-corrected chi connectivity index (χ4v) is 0.377. The summed E-state index contributed by atoms with van der Waals surface area (Å²) >= 11 is 0. The Labute approximate surface area is 82.8 Å². The number of alkyl halides is 3. The molecule has 4 heteroatoms. The summed E-state index contributed by atoms with van der Waals surface area (Å²) in [5.74, 6) is 0. The maximum Gasteiger partial charge on any atom is 3.00 e. The van der Waals surface area contributed by atoms with Gasteiger partial charge < -0.3 is 0 Å². The van der Waals surface area contributed by atoms with Crippen molar-refractivity contribution in [3.05, 3.63) is 0 Å². The Hall–Kier alpha value is 1.05. The number of halogens is 3. The molecule has 0 aromatic rings. The Kier molecular flexibility index (Phi) is 8.19. The maximum absolute atomic E-state index is 11.2. The average molecular weight is 291 g/mol. The van der Waals surface area contributed by atoms with Crippen LogP contribution in [0.25, 0.3) is 0 Å². The molecule has 9 heavy (non-hydrogen) atoms. The van der Waals surface area contributed by atoms with E-state index in [9.17, 15) is 13.2 Å². The fourth-order valence-electron chi connectivity index (χ4n) is 0.377. The van der Waals surface area contributed by atoms with E-state index in [1.807, 2.05) is 0 Å². The van der Waals surface area contributed by atoms with E-state index in [0.29, 0.717) is 6.42 Å². The molecular formula is C5H9F3Ho+3. The van der Waals surface area contributed by atoms with E-state index in [0.717, 1.165) is 0 Å². The van der Waals surface area contributed by atoms with Crippen LogP contribution in [0, 0.1) is 37.7 Å². The predicted molar refractivity (Wildman–Crippen MR) is 25.6 cm³/mol. The first-order chi connectivity index (χ1) is 3.56. The van der Waals surface area contributed by atoms with Crippen molar-refractivity contribution in [3.8, 4) is 0 Å². The van der Waals surface area contributed by atoms with Gasteiger partial charge in [-0.3, -0.25) is 0 Å². The summed E-state index contributed by atoms with van der Waals surface area (Å²) in [6.07, 6.45) is -3.72. The van der Waals surface area contributed by atoms with Gasteiger partial charge in [-0.05, 0) is 6.42 Å². The van der Waals surface area contributed by atoms with Crippen molar-refractivity contribution in [3.63, 3.8) is 0 Å². The summed E-state index contributed by atoms with van der Waals surface area (Å²) in [6, 6.07) is 0. The molecule has 0 unspecified atom stereocenters. The fraction of sp³-hybridized carbons (Fsp3) is 1.00. The molecule has 0 rings (SSSR count). The van der Waals surface area contributed by atoms with E-state index in [1.165, 1.54) is 0 Å². The van der Waals surface area contributed by atoms with E-state index in [1.54, 1.807) is 6.92 Å². The molecule has 0 atom stereocenters. The van der Waals surface area contributed by atoms with Crippen LogP contribution in [0.1, 0.15) is 26.2 Å². The number of hydrogen-bond donors (Lipinski definition) is 0. The standard InChI is InChI=1S/C5H9F3.Ho/c1-2-3-4-5(6,7)8;/h2-4H2,1H3;/q;+3. The zero-order valence-corrected chi connectivity index (χ0v) is 6.99. The second kappa shape index (κ2) is 5.81. The van der Waals surface area contributed by atoms with E-state index >= 15 is 0 Å². The summed E-state index contributed by atoms with van der Waals surface area (Å²) in [5, 5.41) is 0. The van der Waals surface area contributed by atoms with Crippen LogP contribution in [0.2, 0.25) is 0 Å². The normalized spacial score (nSPS) is 10.7. The zero-order chi connectivity index (χ0) is 6.62. The Balaban J connectivity index is 0. The summed E-state index contributed by atoms with van der Waals surface area (Å²) in [6.45, 7) is 1.74. The summed E-state index contributed by atoms with van der Waals surface area (Å²) < 4.78 is 33.7. The van der Waals surface area contributed by atoms with Gasteiger partial charge in [0.05, 0.1) is 0 Å². The molecule has 0 aliphatic heterocycles. The molecule has 0 bridgehead atoms. The summed E-state index contributed by atoms with van der Waals surface area (Å²) in [5.41, 5.74) is 0. The van der Waals surface area contributed by atoms with Crippen molar-refractivity contribution in [2.24, 2.45) is 0 Å². The Bertz CT molecular complexity index is 59.7. The van der Waals surface area contributed by atoms with Gasteiger partial charge in [0.1, 0.15) is 0 Å². The van der Waals surface area contributed by atoms with Gasteiger partial charge >= 0.3 is 43.9 Å². The van der Waals surface area contributed by atoms with Crippen LogP contribution < -0.4 is 0 Å². The first-order valence-corrected chi connectivity index (χ1v) is 2.63. The molecule has 0 aliphatic rings. The minimum absolute atomic E-state index is 0. The molecule has 0 aromatic heterocycles. The molecule has 0 aliphatic carbocycles. The van der Waals surface area contributed by atoms with Crippen LogP contribution >= 0.6 is 0 Å². The smallest absolute Gasteiger partial charge is 0.171 e. The minimum Gasteiger partial charge on any atom is -0.171 e. The van der Waals surface area contributed by atoms with Crippen molar-refractivity contribution in [2.75, 3.05) is 0 Å². The third-order valence-electron chi connectivity index (χ3n) is 0.814. The van der Waals surface area contributed by atoms with E-state index in [2.05, 4.69) is 0 Å². The van der Waals surface area contributed by atoms with Crippen molar-refractivity contribution >= 4 is 0 Å². The Morgan fingerprint density at radius 2 is 1.67 bits per heavy atom. The second-order valence-electron chi connectivity index (χ2n) is 1.72. The molecular weight excluding hydrogens is 282 g/mol. The van der Waals surface area contributed by atoms with Gasteiger partial charge in [0.15, 0.2) is 0 Å². The first-order valence-electron chi connectivity index (χ1n) is 2.63. The van der Waals surface area contributed by atoms with Crippen LogP contribution in [0.3, 0.4) is 0 Å². The van der Waals surface area contributed by atoms with Crippen LogP contribution in [0.5, 0.6) is 0 Å². The Morgan fingerprint density at radius 3 is 1.78 bits per heavy atom. The predicted octanol–water partition coefficient (Wildman–Crippen LogP) is 2.74. The number of rotatable bonds is 2. The van der Waals surface area contributed by atoms with Gasteiger partial charge in [-0.25, -0.2) is 0 Å². The van der Waals surface area contributed by atoms with Crippen molar-refractivity contribution < 1.29 is 50.9 Å². The van der Waals surface area contributed by atoms with Gasteiger partial charge in [0, 0.05) is 6.42 Å². The molecule has 0 heterocycles. The maximum atomic E-state index is 11.2. The van der Waals surface area contributed by atoms with Gasteiger partial charge in [-0.15, -0.1) is 0 Å². The largest absolute Gasteiger partial charge is 3.00 e. The monoisotopic (exact) mass is 291 g/mol. The van der Waals surface area contributed by atoms with Gasteiger partial charge in [0.25, 0.3) is 0 Å².